The molecular weight excluding hydrogens is 539 g/mol. The van der Waals surface area contributed by atoms with E-state index in [4.69, 9.17) is 9.26 Å². The topological polar surface area (TPSA) is 42.0 Å². The fourth-order valence-corrected chi connectivity index (χ4v) is 8.31. The molecule has 0 spiro atoms. The summed E-state index contributed by atoms with van der Waals surface area (Å²) in [5.74, 6) is 1.09. The second kappa shape index (κ2) is 10.7. The minimum Gasteiger partial charge on any atom is -0.440 e. The fraction of sp³-hybridized carbons (Fsp3) is 0.250. The van der Waals surface area contributed by atoms with Gasteiger partial charge in [-0.15, -0.1) is 0 Å². The van der Waals surface area contributed by atoms with Crippen LogP contribution in [0.1, 0.15) is 33.6 Å². The van der Waals surface area contributed by atoms with Gasteiger partial charge >= 0.3 is 5.97 Å². The number of carbonyl (C=O) groups is 1. The summed E-state index contributed by atoms with van der Waals surface area (Å²) >= 11 is 0. The third kappa shape index (κ3) is 4.81. The van der Waals surface area contributed by atoms with Crippen LogP contribution in [0.3, 0.4) is 0 Å². The number of hydrogen-bond donors (Lipinski definition) is 0. The molecule has 6 heteroatoms. The summed E-state index contributed by atoms with van der Waals surface area (Å²) in [5, 5.41) is 4.28. The highest BCUT2D eigenvalue weighted by molar-refractivity contribution is 7.52. The Morgan fingerprint density at radius 2 is 1.36 bits per heavy atom. The predicted octanol–water partition coefficient (Wildman–Crippen LogP) is 9.20. The Kier molecular flexibility index (Phi) is 6.88. The van der Waals surface area contributed by atoms with Gasteiger partial charge in [-0.05, 0) is 79.4 Å². The normalized spacial score (nSPS) is 18.9. The summed E-state index contributed by atoms with van der Waals surface area (Å²) < 4.78 is 18.4. The number of hydrogen-bond acceptors (Lipinski definition) is 5. The van der Waals surface area contributed by atoms with Gasteiger partial charge in [-0.3, -0.25) is 4.79 Å². The molecule has 0 N–H and O–H groups in total. The van der Waals surface area contributed by atoms with E-state index >= 15 is 0 Å². The van der Waals surface area contributed by atoms with E-state index in [0.717, 1.165) is 51.5 Å². The molecule has 0 saturated carbocycles. The Bertz CT molecular complexity index is 1780. The van der Waals surface area contributed by atoms with Crippen molar-refractivity contribution in [2.24, 2.45) is 5.41 Å². The molecule has 2 aliphatic heterocycles. The van der Waals surface area contributed by atoms with Crippen molar-refractivity contribution in [1.82, 2.24) is 4.67 Å². The van der Waals surface area contributed by atoms with Crippen LogP contribution < -0.4 is 13.9 Å². The Morgan fingerprint density at radius 1 is 0.762 bits per heavy atom. The van der Waals surface area contributed by atoms with Crippen LogP contribution in [0.25, 0.3) is 32.7 Å². The van der Waals surface area contributed by atoms with Gasteiger partial charge < -0.3 is 13.9 Å². The number of para-hydroxylation sites is 1. The van der Waals surface area contributed by atoms with E-state index in [1.165, 1.54) is 18.5 Å². The lowest BCUT2D eigenvalue weighted by Crippen LogP contribution is -2.25. The number of esters is 1. The van der Waals surface area contributed by atoms with Crippen LogP contribution >= 0.6 is 8.45 Å². The summed E-state index contributed by atoms with van der Waals surface area (Å²) in [6.45, 7) is 7.65. The summed E-state index contributed by atoms with van der Waals surface area (Å²) in [7, 11) is -1.09. The van der Waals surface area contributed by atoms with Crippen LogP contribution in [-0.2, 0) is 4.79 Å². The standard InChI is InChI=1S/C36H35N2O3P/c1-36(2,3)35(39)40-31-21-19-25-12-7-9-17-29(25)33(31)34-30-18-10-8-13-26(30)20-22-32(34)41-42-37-23-11-16-28(37)24-38(42)27-14-5-4-6-15-27/h4-10,12-15,17-22,28H,11,16,23-24H2,1-3H3/t28-,42?/m0/s1. The number of carbonyl (C=O) groups excluding carboxylic acids is 1. The summed E-state index contributed by atoms with van der Waals surface area (Å²) in [6.07, 6.45) is 2.38. The second-order valence-corrected chi connectivity index (χ2v) is 13.9. The van der Waals surface area contributed by atoms with Crippen molar-refractivity contribution in [2.75, 3.05) is 17.8 Å². The van der Waals surface area contributed by atoms with Gasteiger partial charge in [-0.2, -0.15) is 0 Å². The van der Waals surface area contributed by atoms with Crippen LogP contribution in [0.4, 0.5) is 5.69 Å². The molecule has 0 radical (unpaired) electrons. The first kappa shape index (κ1) is 26.9. The Balaban J connectivity index is 1.44. The smallest absolute Gasteiger partial charge is 0.316 e. The van der Waals surface area contributed by atoms with Crippen LogP contribution in [-0.4, -0.2) is 29.8 Å². The molecule has 1 unspecified atom stereocenters. The van der Waals surface area contributed by atoms with Gasteiger partial charge in [0, 0.05) is 35.9 Å². The molecule has 5 aromatic rings. The van der Waals surface area contributed by atoms with Crippen LogP contribution in [0.15, 0.2) is 103 Å². The number of benzene rings is 5. The summed E-state index contributed by atoms with van der Waals surface area (Å²) in [6, 6.07) is 36.0. The molecule has 2 aliphatic rings. The average Bonchev–Trinajstić information content (AvgIpc) is 3.60. The van der Waals surface area contributed by atoms with Gasteiger partial charge in [0.1, 0.15) is 11.5 Å². The molecule has 0 aliphatic carbocycles. The van der Waals surface area contributed by atoms with E-state index in [0.29, 0.717) is 11.8 Å². The van der Waals surface area contributed by atoms with Crippen LogP contribution in [0, 0.1) is 5.41 Å². The number of anilines is 1. The summed E-state index contributed by atoms with van der Waals surface area (Å²) in [5.41, 5.74) is 2.38. The fourth-order valence-electron chi connectivity index (χ4n) is 6.07. The van der Waals surface area contributed by atoms with Crippen molar-refractivity contribution >= 4 is 41.7 Å². The van der Waals surface area contributed by atoms with Crippen molar-refractivity contribution in [1.29, 1.82) is 0 Å². The molecule has 0 aromatic heterocycles. The van der Waals surface area contributed by atoms with E-state index in [1.54, 1.807) is 0 Å². The number of fused-ring (bicyclic) bond motifs is 3. The van der Waals surface area contributed by atoms with Crippen LogP contribution in [0.5, 0.6) is 11.5 Å². The van der Waals surface area contributed by atoms with E-state index in [-0.39, 0.29) is 5.97 Å². The predicted molar refractivity (Wildman–Crippen MR) is 173 cm³/mol. The SMILES string of the molecule is CC(C)(C)C(=O)Oc1ccc2ccccc2c1-c1c(OP2N(c3ccccc3)C[C@@H]3CCCN32)ccc2ccccc12. The monoisotopic (exact) mass is 574 g/mol. The molecular formula is C36H35N2O3P. The van der Waals surface area contributed by atoms with E-state index in [1.807, 2.05) is 45.0 Å². The number of nitrogens with zero attached hydrogens (tertiary/aromatic N) is 2. The van der Waals surface area contributed by atoms with Crippen molar-refractivity contribution in [3.8, 4) is 22.6 Å². The first-order chi connectivity index (χ1) is 20.4. The van der Waals surface area contributed by atoms with Crippen molar-refractivity contribution in [2.45, 2.75) is 39.7 Å². The molecule has 0 bridgehead atoms. The van der Waals surface area contributed by atoms with Crippen LogP contribution in [0.2, 0.25) is 0 Å². The largest absolute Gasteiger partial charge is 0.440 e. The zero-order valence-electron chi connectivity index (χ0n) is 24.3. The molecule has 7 rings (SSSR count). The highest BCUT2D eigenvalue weighted by Gasteiger charge is 2.45. The second-order valence-electron chi connectivity index (χ2n) is 12.2. The van der Waals surface area contributed by atoms with Gasteiger partial charge in [0.2, 0.25) is 0 Å². The number of rotatable bonds is 5. The maximum atomic E-state index is 13.2. The Hall–Kier alpha value is -3.92. The third-order valence-electron chi connectivity index (χ3n) is 8.24. The van der Waals surface area contributed by atoms with Crippen molar-refractivity contribution in [3.05, 3.63) is 103 Å². The minimum atomic E-state index is -1.09. The molecule has 42 heavy (non-hydrogen) atoms. The maximum absolute atomic E-state index is 13.2. The lowest BCUT2D eigenvalue weighted by atomic mass is 9.92. The van der Waals surface area contributed by atoms with Gasteiger partial charge in [0.05, 0.1) is 5.41 Å². The Labute approximate surface area is 248 Å². The molecule has 2 heterocycles. The van der Waals surface area contributed by atoms with Gasteiger partial charge in [0.25, 0.3) is 8.45 Å². The molecule has 2 atom stereocenters. The highest BCUT2D eigenvalue weighted by atomic mass is 31.2. The molecule has 0 amide bonds. The van der Waals surface area contributed by atoms with Crippen molar-refractivity contribution < 1.29 is 14.1 Å². The van der Waals surface area contributed by atoms with E-state index in [2.05, 4.69) is 88.2 Å². The molecule has 5 aromatic carbocycles. The zero-order chi connectivity index (χ0) is 28.8. The van der Waals surface area contributed by atoms with E-state index in [9.17, 15) is 4.79 Å². The highest BCUT2D eigenvalue weighted by Crippen LogP contribution is 2.58. The lowest BCUT2D eigenvalue weighted by molar-refractivity contribution is -0.142. The molecule has 2 fully saturated rings. The van der Waals surface area contributed by atoms with Gasteiger partial charge in [-0.1, -0.05) is 78.9 Å². The van der Waals surface area contributed by atoms with Crippen molar-refractivity contribution in [3.63, 3.8) is 0 Å². The quantitative estimate of drug-likeness (QED) is 0.119. The maximum Gasteiger partial charge on any atom is 0.316 e. The number of ether oxygens (including phenoxy) is 1. The Morgan fingerprint density at radius 3 is 2.02 bits per heavy atom. The molecule has 212 valence electrons. The zero-order valence-corrected chi connectivity index (χ0v) is 25.2. The molecule has 5 nitrogen and oxygen atoms in total. The average molecular weight is 575 g/mol. The van der Waals surface area contributed by atoms with E-state index < -0.39 is 13.9 Å². The first-order valence-electron chi connectivity index (χ1n) is 14.7. The summed E-state index contributed by atoms with van der Waals surface area (Å²) in [4.78, 5) is 13.2. The third-order valence-corrected chi connectivity index (χ3v) is 10.4. The first-order valence-corrected chi connectivity index (χ1v) is 15.9. The molecule has 2 saturated heterocycles. The van der Waals surface area contributed by atoms with Gasteiger partial charge in [-0.25, -0.2) is 4.67 Å². The lowest BCUT2D eigenvalue weighted by Gasteiger charge is -2.30. The van der Waals surface area contributed by atoms with Gasteiger partial charge in [0.15, 0.2) is 0 Å². The minimum absolute atomic E-state index is 0.267.